The molecule has 0 spiro atoms. The van der Waals surface area contributed by atoms with Gasteiger partial charge in [0.05, 0.1) is 50.7 Å². The number of carboxylic acids is 2. The number of carbonyl (C=O) groups excluding carboxylic acids is 4. The zero-order valence-corrected chi connectivity index (χ0v) is 51.7. The Kier molecular flexibility index (Phi) is 20.9. The van der Waals surface area contributed by atoms with Crippen LogP contribution in [-0.4, -0.2) is 143 Å². The van der Waals surface area contributed by atoms with E-state index in [2.05, 4.69) is 25.9 Å². The first kappa shape index (κ1) is 67.8. The molecule has 2 aromatic heterocycles. The Morgan fingerprint density at radius 1 is 0.624 bits per heavy atom. The van der Waals surface area contributed by atoms with Gasteiger partial charge in [0.25, 0.3) is 10.4 Å². The van der Waals surface area contributed by atoms with Crippen molar-refractivity contribution in [2.75, 3.05) is 18.4 Å². The van der Waals surface area contributed by atoms with E-state index in [1.807, 2.05) is 72.8 Å². The van der Waals surface area contributed by atoms with E-state index < -0.39 is 108 Å². The first-order valence-corrected chi connectivity index (χ1v) is 32.3. The number of carboxylic acid groups (broad SMARTS) is 2. The number of para-hydroxylation sites is 2. The number of hydrogen-bond acceptors (Lipinski definition) is 16. The predicted molar refractivity (Wildman–Crippen MR) is 334 cm³/mol. The fourth-order valence-electron chi connectivity index (χ4n) is 12.1. The maximum Gasteiger partial charge on any atom is 0.488 e. The molecule has 6 heterocycles. The number of amides is 4. The summed E-state index contributed by atoms with van der Waals surface area (Å²) in [6.45, 7) is 0.223. The van der Waals surface area contributed by atoms with Gasteiger partial charge >= 0.3 is 31.4 Å². The zero-order chi connectivity index (χ0) is 66.4. The molecule has 12 rings (SSSR count). The smallest absolute Gasteiger partial charge is 0.479 e. The van der Waals surface area contributed by atoms with Gasteiger partial charge in [0, 0.05) is 30.4 Å². The topological polar surface area (TPSA) is 296 Å². The summed E-state index contributed by atoms with van der Waals surface area (Å²) < 4.78 is 90.7. The van der Waals surface area contributed by atoms with Crippen LogP contribution in [0.2, 0.25) is 0 Å². The van der Waals surface area contributed by atoms with Crippen molar-refractivity contribution in [1.29, 1.82) is 0 Å². The molecular weight excluding hydrogens is 1260 g/mol. The van der Waals surface area contributed by atoms with Gasteiger partial charge in [-0.15, -0.1) is 0 Å². The van der Waals surface area contributed by atoms with Crippen molar-refractivity contribution in [3.63, 3.8) is 0 Å². The number of alkyl halides is 6. The van der Waals surface area contributed by atoms with Crippen molar-refractivity contribution in [1.82, 2.24) is 30.4 Å². The van der Waals surface area contributed by atoms with E-state index in [4.69, 9.17) is 25.3 Å². The first-order chi connectivity index (χ1) is 44.3. The largest absolute Gasteiger partial charge is 0.488 e. The van der Waals surface area contributed by atoms with Crippen LogP contribution in [0, 0.1) is 11.8 Å². The van der Waals surface area contributed by atoms with E-state index in [1.54, 1.807) is 0 Å². The molecule has 9 N–H and O–H groups in total. The number of carbonyl (C=O) groups is 6. The normalized spacial score (nSPS) is 27.6. The molecule has 4 amide bonds. The lowest BCUT2D eigenvalue weighted by molar-refractivity contribution is -0.146. The highest BCUT2D eigenvalue weighted by Crippen LogP contribution is 2.47. The molecule has 93 heavy (non-hydrogen) atoms. The van der Waals surface area contributed by atoms with E-state index in [1.165, 1.54) is 50.7 Å². The summed E-state index contributed by atoms with van der Waals surface area (Å²) in [5.41, 5.74) is 3.27. The Bertz CT molecular complexity index is 3710. The number of nitrogens with two attached hydrogens (primary N) is 1. The molecule has 494 valence electrons. The van der Waals surface area contributed by atoms with Crippen LogP contribution in [0.3, 0.4) is 0 Å². The molecule has 2 saturated heterocycles. The number of rotatable bonds is 9. The van der Waals surface area contributed by atoms with Gasteiger partial charge in [-0.1, -0.05) is 127 Å². The third-order valence-electron chi connectivity index (χ3n) is 17.4. The fraction of sp³-hybridized carbons (Fsp3) is 0.438. The van der Waals surface area contributed by atoms with E-state index in [0.29, 0.717) is 48.6 Å². The van der Waals surface area contributed by atoms with Gasteiger partial charge in [-0.2, -0.15) is 26.3 Å². The summed E-state index contributed by atoms with van der Waals surface area (Å²) >= 11 is 2.74. The van der Waals surface area contributed by atoms with Crippen molar-refractivity contribution in [2.45, 2.75) is 150 Å². The zero-order valence-electron chi connectivity index (χ0n) is 50.1. The van der Waals surface area contributed by atoms with E-state index in [9.17, 15) is 65.3 Å². The van der Waals surface area contributed by atoms with Crippen molar-refractivity contribution < 1.29 is 84.8 Å². The summed E-state index contributed by atoms with van der Waals surface area (Å²) in [5, 5.41) is 46.5. The molecule has 10 atom stereocenters. The van der Waals surface area contributed by atoms with Gasteiger partial charge in [0.2, 0.25) is 23.6 Å². The minimum Gasteiger partial charge on any atom is -0.479 e. The van der Waals surface area contributed by atoms with Crippen LogP contribution in [0.25, 0.3) is 20.4 Å². The molecule has 2 aliphatic carbocycles. The second-order valence-corrected chi connectivity index (χ2v) is 26.0. The number of hydrogen-bond donors (Lipinski definition) is 8. The Morgan fingerprint density at radius 2 is 1.10 bits per heavy atom. The van der Waals surface area contributed by atoms with Crippen LogP contribution in [0.5, 0.6) is 10.4 Å². The van der Waals surface area contributed by atoms with Gasteiger partial charge in [0.15, 0.2) is 0 Å². The minimum atomic E-state index is -4.55. The maximum atomic E-state index is 14.2. The molecule has 4 aromatic carbocycles. The number of aliphatic carboxylic acids is 2. The van der Waals surface area contributed by atoms with Gasteiger partial charge < -0.3 is 61.2 Å². The Hall–Kier alpha value is -8.12. The van der Waals surface area contributed by atoms with Crippen LogP contribution in [0.4, 0.5) is 32.0 Å². The number of fused-ring (bicyclic) bond motifs is 6. The number of nitrogens with one attached hydrogen (secondary N) is 3. The molecule has 6 aliphatic rings. The van der Waals surface area contributed by atoms with Crippen LogP contribution >= 0.6 is 22.7 Å². The molecular formula is C64H69BF6N8O12S2. The Balaban J connectivity index is 0.000000174. The summed E-state index contributed by atoms with van der Waals surface area (Å²) in [5.74, 6) is -4.66. The number of halogens is 6. The van der Waals surface area contributed by atoms with Crippen LogP contribution < -0.4 is 36.6 Å². The third-order valence-corrected chi connectivity index (χ3v) is 19.3. The number of benzene rings is 4. The number of thiazole rings is 2. The van der Waals surface area contributed by atoms with Crippen molar-refractivity contribution in [3.8, 4) is 10.4 Å². The fourth-order valence-corrected chi connectivity index (χ4v) is 13.9. The summed E-state index contributed by atoms with van der Waals surface area (Å²) in [6, 6.07) is 20.2. The molecule has 4 aliphatic heterocycles. The quantitative estimate of drug-likeness (QED) is 0.0382. The van der Waals surface area contributed by atoms with Crippen LogP contribution in [-0.2, 0) is 41.1 Å². The highest BCUT2D eigenvalue weighted by molar-refractivity contribution is 7.20. The first-order valence-electron chi connectivity index (χ1n) is 30.6. The summed E-state index contributed by atoms with van der Waals surface area (Å²) in [4.78, 5) is 90.9. The van der Waals surface area contributed by atoms with E-state index >= 15 is 0 Å². The number of aromatic nitrogens is 2. The molecule has 0 unspecified atom stereocenters. The van der Waals surface area contributed by atoms with Gasteiger partial charge in [-0.25, -0.2) is 19.6 Å². The lowest BCUT2D eigenvalue weighted by Crippen LogP contribution is -2.55. The van der Waals surface area contributed by atoms with E-state index in [0.717, 1.165) is 83.2 Å². The SMILES string of the molecule is N[C@H]1CCCCC/C=C\[C@@H]2C[C@@]2(C(=O)O)NC(=O)[C@@H]2C[C@@H](Oc3nc4ccccc4s3)CN2C1=O.O=C1N[C@]2(C(=O)O)C[C@H]2/C=C\CCCCC[C@H](Nc2cccc(C(F)(F)F)c2)C(=O)N2C[C@H](Oc3nc4ccccc4s3)C[C@@H]12.OB(O)c1cccc(C(F)(F)F)c1. The molecule has 0 radical (unpaired) electrons. The van der Waals surface area contributed by atoms with E-state index in [-0.39, 0.29) is 61.2 Å². The molecule has 2 saturated carbocycles. The maximum absolute atomic E-state index is 14.2. The Morgan fingerprint density at radius 3 is 1.58 bits per heavy atom. The average Bonchev–Trinajstić information content (AvgIpc) is 1.60. The highest BCUT2D eigenvalue weighted by Gasteiger charge is 2.63. The number of anilines is 1. The van der Waals surface area contributed by atoms with Crippen molar-refractivity contribution >= 4 is 96.9 Å². The van der Waals surface area contributed by atoms with Crippen molar-refractivity contribution in [2.24, 2.45) is 17.6 Å². The second kappa shape index (κ2) is 28.6. The van der Waals surface area contributed by atoms with Crippen LogP contribution in [0.15, 0.2) is 121 Å². The highest BCUT2D eigenvalue weighted by atomic mass is 32.1. The lowest BCUT2D eigenvalue weighted by Gasteiger charge is -2.30. The number of nitrogens with zero attached hydrogens (tertiary/aromatic N) is 4. The van der Waals surface area contributed by atoms with Gasteiger partial charge in [0.1, 0.15) is 41.4 Å². The van der Waals surface area contributed by atoms with Gasteiger partial charge in [-0.05, 0) is 99.3 Å². The number of allylic oxidation sites excluding steroid dienone is 2. The monoisotopic (exact) mass is 1330 g/mol. The predicted octanol–water partition coefficient (Wildman–Crippen LogP) is 8.46. The third kappa shape index (κ3) is 16.3. The molecule has 0 bridgehead atoms. The molecule has 20 nitrogen and oxygen atoms in total. The summed E-state index contributed by atoms with van der Waals surface area (Å²) in [7, 11) is -1.87. The molecule has 29 heteroatoms. The second-order valence-electron chi connectivity index (χ2n) is 24.0. The lowest BCUT2D eigenvalue weighted by atomic mass is 9.79. The van der Waals surface area contributed by atoms with Gasteiger partial charge in [-0.3, -0.25) is 19.2 Å². The summed E-state index contributed by atoms with van der Waals surface area (Å²) in [6.07, 6.45) is 5.81. The van der Waals surface area contributed by atoms with Crippen molar-refractivity contribution in [3.05, 3.63) is 132 Å². The standard InChI is InChI=1S/C32H33F3N4O5S.C25H30N4O5S.C7H6BF3O2/c33-32(34,35)19-10-8-11-21(15-19)36-24-13-5-3-1-2-4-9-20-17-31(20,29(42)43)38-27(40)25-16-22(18-39(25)28(24)41)44-30-37-23-12-6-7-14-26(23)45-30;26-17-9-5-3-1-2-4-8-15-13-25(15,23(32)33)28-21(30)19-12-16(14-29(19)22(17)31)34-24-27-18-10-6-7-11-20(18)35-24;9-7(10,11)5-2-1-3-6(4-5)8(12)13/h4,6-12,14-15,20,22,24-25,36H,1-3,5,13,16-18H2,(H,38,40)(H,42,43);4,6-8,10-11,15-17,19H,1-3,5,9,12-14,26H2,(H,28,30)(H,32,33);1-4,12-13H/b9-4-;8-4-;/t20-,22-,24+,25+,31-;15-,16-,17+,19+,25-;/m11./s1. The average molecular weight is 1330 g/mol. The Labute approximate surface area is 538 Å². The minimum absolute atomic E-state index is 0.0248. The van der Waals surface area contributed by atoms with Crippen LogP contribution in [0.1, 0.15) is 101 Å². The number of ether oxygens (including phenoxy) is 2. The molecule has 6 aromatic rings. The molecule has 4 fully saturated rings.